The molecule has 0 spiro atoms. The van der Waals surface area contributed by atoms with E-state index in [1.165, 1.54) is 25.1 Å². The van der Waals surface area contributed by atoms with Crippen molar-refractivity contribution in [2.75, 3.05) is 0 Å². The van der Waals surface area contributed by atoms with E-state index in [-0.39, 0.29) is 11.3 Å². The number of halogens is 3. The molecular weight excluding hydrogens is 286 g/mol. The maximum Gasteiger partial charge on any atom is 0.263 e. The Balaban J connectivity index is 3.16. The van der Waals surface area contributed by atoms with Crippen molar-refractivity contribution in [3.8, 4) is 0 Å². The first-order valence-electron chi connectivity index (χ1n) is 4.19. The Hall–Kier alpha value is -0.420. The molecule has 15 heavy (non-hydrogen) atoms. The number of carbonyl (C=O) groups excluding carboxylic acids is 1. The van der Waals surface area contributed by atoms with Crippen molar-refractivity contribution in [2.24, 2.45) is 0 Å². The summed E-state index contributed by atoms with van der Waals surface area (Å²) in [5.41, 5.74) is 0.372. The zero-order valence-corrected chi connectivity index (χ0v) is 10.4. The predicted molar refractivity (Wildman–Crippen MR) is 61.0 cm³/mol. The number of rotatable bonds is 3. The monoisotopic (exact) mass is 294 g/mol. The molecule has 0 amide bonds. The van der Waals surface area contributed by atoms with Crippen LogP contribution in [0.15, 0.2) is 23.1 Å². The highest BCUT2D eigenvalue weighted by molar-refractivity contribution is 9.09. The summed E-state index contributed by atoms with van der Waals surface area (Å²) in [6.07, 6.45) is -2.54. The molecule has 0 heterocycles. The first-order chi connectivity index (χ1) is 6.93. The van der Waals surface area contributed by atoms with Crippen molar-refractivity contribution in [3.05, 3.63) is 29.3 Å². The van der Waals surface area contributed by atoms with Gasteiger partial charge in [-0.3, -0.25) is 4.79 Å². The molecule has 0 bridgehead atoms. The molecule has 0 saturated carbocycles. The Morgan fingerprint density at radius 1 is 1.47 bits per heavy atom. The molecule has 0 fully saturated rings. The third kappa shape index (κ3) is 3.01. The van der Waals surface area contributed by atoms with Gasteiger partial charge in [-0.05, 0) is 24.6 Å². The molecule has 5 heteroatoms. The van der Waals surface area contributed by atoms with Crippen LogP contribution in [0, 0.1) is 0 Å². The van der Waals surface area contributed by atoms with Crippen molar-refractivity contribution in [3.63, 3.8) is 0 Å². The number of hydrogen-bond acceptors (Lipinski definition) is 2. The maximum atomic E-state index is 12.4. The van der Waals surface area contributed by atoms with Crippen LogP contribution in [0.1, 0.15) is 29.3 Å². The van der Waals surface area contributed by atoms with Crippen LogP contribution in [0.5, 0.6) is 0 Å². The van der Waals surface area contributed by atoms with E-state index in [9.17, 15) is 13.6 Å². The van der Waals surface area contributed by atoms with Gasteiger partial charge in [-0.2, -0.15) is 0 Å². The lowest BCUT2D eigenvalue weighted by atomic mass is 10.1. The summed E-state index contributed by atoms with van der Waals surface area (Å²) in [7, 11) is 0. The summed E-state index contributed by atoms with van der Waals surface area (Å²) in [5, 5.41) is 0. The van der Waals surface area contributed by atoms with Gasteiger partial charge in [-0.25, -0.2) is 8.78 Å². The van der Waals surface area contributed by atoms with Gasteiger partial charge in [0.25, 0.3) is 6.43 Å². The molecule has 82 valence electrons. The smallest absolute Gasteiger partial charge is 0.263 e. The third-order valence-electron chi connectivity index (χ3n) is 1.93. The molecule has 1 aromatic rings. The SMILES string of the molecule is CC(=O)C(Br)c1cc(C(F)F)ccc1S. The second-order valence-electron chi connectivity index (χ2n) is 3.09. The molecule has 1 aromatic carbocycles. The van der Waals surface area contributed by atoms with Crippen molar-refractivity contribution >= 4 is 34.3 Å². The van der Waals surface area contributed by atoms with Gasteiger partial charge in [0.2, 0.25) is 0 Å². The summed E-state index contributed by atoms with van der Waals surface area (Å²) in [6, 6.07) is 4.07. The summed E-state index contributed by atoms with van der Waals surface area (Å²) in [5.74, 6) is -0.142. The molecule has 1 rings (SSSR count). The van der Waals surface area contributed by atoms with Crippen LogP contribution in [0.25, 0.3) is 0 Å². The summed E-state index contributed by atoms with van der Waals surface area (Å²) in [6.45, 7) is 1.39. The number of alkyl halides is 3. The highest BCUT2D eigenvalue weighted by Crippen LogP contribution is 2.32. The number of thiol groups is 1. The Kier molecular flexibility index (Phi) is 4.28. The fourth-order valence-corrected chi connectivity index (χ4v) is 1.95. The minimum Gasteiger partial charge on any atom is -0.298 e. The van der Waals surface area contributed by atoms with E-state index in [2.05, 4.69) is 28.6 Å². The molecule has 0 aliphatic heterocycles. The third-order valence-corrected chi connectivity index (χ3v) is 3.48. The number of Topliss-reactive ketones (excluding diaryl/α,β-unsaturated/α-hetero) is 1. The van der Waals surface area contributed by atoms with Gasteiger partial charge in [0, 0.05) is 10.5 Å². The van der Waals surface area contributed by atoms with Crippen LogP contribution in [0.3, 0.4) is 0 Å². The van der Waals surface area contributed by atoms with Gasteiger partial charge in [0.15, 0.2) is 0 Å². The van der Waals surface area contributed by atoms with E-state index in [1.807, 2.05) is 0 Å². The van der Waals surface area contributed by atoms with E-state index in [1.54, 1.807) is 0 Å². The molecule has 0 aromatic heterocycles. The molecule has 0 radical (unpaired) electrons. The number of hydrogen-bond donors (Lipinski definition) is 1. The fraction of sp³-hybridized carbons (Fsp3) is 0.300. The summed E-state index contributed by atoms with van der Waals surface area (Å²) < 4.78 is 24.8. The first-order valence-corrected chi connectivity index (χ1v) is 5.55. The van der Waals surface area contributed by atoms with Crippen molar-refractivity contribution in [1.82, 2.24) is 0 Å². The average Bonchev–Trinajstić information content (AvgIpc) is 2.16. The van der Waals surface area contributed by atoms with E-state index < -0.39 is 11.3 Å². The van der Waals surface area contributed by atoms with E-state index in [4.69, 9.17) is 0 Å². The lowest BCUT2D eigenvalue weighted by Crippen LogP contribution is -2.03. The Morgan fingerprint density at radius 3 is 2.53 bits per heavy atom. The maximum absolute atomic E-state index is 12.4. The molecule has 0 aliphatic rings. The average molecular weight is 295 g/mol. The second-order valence-corrected chi connectivity index (χ2v) is 4.49. The lowest BCUT2D eigenvalue weighted by molar-refractivity contribution is -0.116. The van der Waals surface area contributed by atoms with E-state index in [0.717, 1.165) is 0 Å². The van der Waals surface area contributed by atoms with Crippen molar-refractivity contribution in [2.45, 2.75) is 23.1 Å². The molecule has 1 unspecified atom stereocenters. The van der Waals surface area contributed by atoms with E-state index >= 15 is 0 Å². The Morgan fingerprint density at radius 2 is 2.07 bits per heavy atom. The highest BCUT2D eigenvalue weighted by Gasteiger charge is 2.18. The van der Waals surface area contributed by atoms with Gasteiger partial charge in [-0.15, -0.1) is 12.6 Å². The summed E-state index contributed by atoms with van der Waals surface area (Å²) in [4.78, 5) is 11.1. The van der Waals surface area contributed by atoms with Gasteiger partial charge >= 0.3 is 0 Å². The van der Waals surface area contributed by atoms with Crippen molar-refractivity contribution in [1.29, 1.82) is 0 Å². The van der Waals surface area contributed by atoms with Gasteiger partial charge in [0.05, 0.1) is 4.83 Å². The van der Waals surface area contributed by atoms with E-state index in [0.29, 0.717) is 10.5 Å². The molecule has 1 atom stereocenters. The van der Waals surface area contributed by atoms with Gasteiger partial charge in [0.1, 0.15) is 5.78 Å². The predicted octanol–water partition coefficient (Wildman–Crippen LogP) is 3.94. The van der Waals surface area contributed by atoms with Crippen LogP contribution in [0.4, 0.5) is 8.78 Å². The van der Waals surface area contributed by atoms with Gasteiger partial charge < -0.3 is 0 Å². The molecular formula is C10H9BrF2OS. The second kappa shape index (κ2) is 5.07. The fourth-order valence-electron chi connectivity index (χ4n) is 1.13. The Labute approximate surface area is 100 Å². The first kappa shape index (κ1) is 12.6. The normalized spacial score (nSPS) is 12.9. The zero-order chi connectivity index (χ0) is 11.6. The summed E-state index contributed by atoms with van der Waals surface area (Å²) >= 11 is 7.26. The van der Waals surface area contributed by atoms with Crippen LogP contribution in [0.2, 0.25) is 0 Å². The van der Waals surface area contributed by atoms with Crippen LogP contribution >= 0.6 is 28.6 Å². The number of carbonyl (C=O) groups is 1. The standard InChI is InChI=1S/C10H9BrF2OS/c1-5(14)9(11)7-4-6(10(12)13)2-3-8(7)15/h2-4,9-10,15H,1H3. The molecule has 0 aliphatic carbocycles. The minimum atomic E-state index is -2.54. The van der Waals surface area contributed by atoms with Crippen LogP contribution < -0.4 is 0 Å². The molecule has 1 nitrogen and oxygen atoms in total. The quantitative estimate of drug-likeness (QED) is 0.660. The topological polar surface area (TPSA) is 17.1 Å². The minimum absolute atomic E-state index is 0.103. The number of ketones is 1. The number of benzene rings is 1. The lowest BCUT2D eigenvalue weighted by Gasteiger charge is -2.11. The van der Waals surface area contributed by atoms with Crippen LogP contribution in [-0.2, 0) is 4.79 Å². The Bertz CT molecular complexity index is 382. The molecule has 0 saturated heterocycles. The van der Waals surface area contributed by atoms with Gasteiger partial charge in [-0.1, -0.05) is 22.0 Å². The highest BCUT2D eigenvalue weighted by atomic mass is 79.9. The molecule has 0 N–H and O–H groups in total. The van der Waals surface area contributed by atoms with Crippen molar-refractivity contribution < 1.29 is 13.6 Å². The zero-order valence-electron chi connectivity index (χ0n) is 7.88. The van der Waals surface area contributed by atoms with Crippen LogP contribution in [-0.4, -0.2) is 5.78 Å². The largest absolute Gasteiger partial charge is 0.298 e.